The van der Waals surface area contributed by atoms with Gasteiger partial charge in [-0.3, -0.25) is 9.97 Å². The van der Waals surface area contributed by atoms with E-state index >= 15 is 0 Å². The SMILES string of the molecule is CC1OCCC1N(C)c1ccnc2cc(Br)cnc12. The van der Waals surface area contributed by atoms with Crippen molar-refractivity contribution in [3.63, 3.8) is 0 Å². The molecule has 0 saturated carbocycles. The van der Waals surface area contributed by atoms with E-state index in [0.29, 0.717) is 6.04 Å². The van der Waals surface area contributed by atoms with E-state index in [2.05, 4.69) is 44.8 Å². The van der Waals surface area contributed by atoms with E-state index in [1.54, 1.807) is 0 Å². The van der Waals surface area contributed by atoms with Gasteiger partial charge in [0, 0.05) is 30.5 Å². The van der Waals surface area contributed by atoms with Crippen molar-refractivity contribution >= 4 is 32.7 Å². The number of ether oxygens (including phenoxy) is 1. The summed E-state index contributed by atoms with van der Waals surface area (Å²) >= 11 is 3.43. The highest BCUT2D eigenvalue weighted by atomic mass is 79.9. The smallest absolute Gasteiger partial charge is 0.112 e. The molecule has 3 rings (SSSR count). The Morgan fingerprint density at radius 1 is 1.42 bits per heavy atom. The van der Waals surface area contributed by atoms with Gasteiger partial charge in [0.25, 0.3) is 0 Å². The molecule has 19 heavy (non-hydrogen) atoms. The second-order valence-electron chi connectivity index (χ2n) is 4.89. The summed E-state index contributed by atoms with van der Waals surface area (Å²) in [6.07, 6.45) is 4.96. The quantitative estimate of drug-likeness (QED) is 0.852. The Morgan fingerprint density at radius 3 is 3.00 bits per heavy atom. The largest absolute Gasteiger partial charge is 0.376 e. The Labute approximate surface area is 120 Å². The van der Waals surface area contributed by atoms with Crippen LogP contribution in [0, 0.1) is 0 Å². The predicted molar refractivity (Wildman–Crippen MR) is 79.5 cm³/mol. The van der Waals surface area contributed by atoms with Gasteiger partial charge < -0.3 is 9.64 Å². The molecule has 3 heterocycles. The molecule has 0 bridgehead atoms. The number of anilines is 1. The zero-order valence-corrected chi connectivity index (χ0v) is 12.6. The second-order valence-corrected chi connectivity index (χ2v) is 5.81. The van der Waals surface area contributed by atoms with E-state index < -0.39 is 0 Å². The van der Waals surface area contributed by atoms with Crippen molar-refractivity contribution in [2.24, 2.45) is 0 Å². The van der Waals surface area contributed by atoms with E-state index in [1.807, 2.05) is 24.5 Å². The van der Waals surface area contributed by atoms with Crippen molar-refractivity contribution < 1.29 is 4.74 Å². The Balaban J connectivity index is 2.04. The molecule has 0 amide bonds. The molecule has 4 nitrogen and oxygen atoms in total. The molecule has 0 N–H and O–H groups in total. The summed E-state index contributed by atoms with van der Waals surface area (Å²) in [5, 5.41) is 0. The summed E-state index contributed by atoms with van der Waals surface area (Å²) in [7, 11) is 2.11. The lowest BCUT2D eigenvalue weighted by Gasteiger charge is -2.29. The van der Waals surface area contributed by atoms with Crippen molar-refractivity contribution in [3.8, 4) is 0 Å². The van der Waals surface area contributed by atoms with Crippen LogP contribution in [0.1, 0.15) is 13.3 Å². The first-order valence-corrected chi connectivity index (χ1v) is 7.21. The van der Waals surface area contributed by atoms with Gasteiger partial charge in [-0.05, 0) is 41.4 Å². The Kier molecular flexibility index (Phi) is 3.41. The lowest BCUT2D eigenvalue weighted by atomic mass is 10.1. The molecule has 2 aromatic heterocycles. The van der Waals surface area contributed by atoms with E-state index in [-0.39, 0.29) is 6.10 Å². The van der Waals surface area contributed by atoms with Crippen LogP contribution in [0.3, 0.4) is 0 Å². The van der Waals surface area contributed by atoms with Crippen molar-refractivity contribution in [3.05, 3.63) is 29.0 Å². The minimum atomic E-state index is 0.253. The van der Waals surface area contributed by atoms with Crippen molar-refractivity contribution in [1.82, 2.24) is 9.97 Å². The number of fused-ring (bicyclic) bond motifs is 1. The van der Waals surface area contributed by atoms with Crippen LogP contribution in [0.25, 0.3) is 11.0 Å². The molecule has 2 atom stereocenters. The van der Waals surface area contributed by atoms with Gasteiger partial charge in [0.15, 0.2) is 0 Å². The van der Waals surface area contributed by atoms with Gasteiger partial charge in [0.1, 0.15) is 5.52 Å². The molecule has 5 heteroatoms. The molecule has 2 aromatic rings. The maximum Gasteiger partial charge on any atom is 0.112 e. The average molecular weight is 322 g/mol. The van der Waals surface area contributed by atoms with E-state index in [0.717, 1.165) is 34.2 Å². The van der Waals surface area contributed by atoms with Gasteiger partial charge in [-0.15, -0.1) is 0 Å². The number of hydrogen-bond donors (Lipinski definition) is 0. The summed E-state index contributed by atoms with van der Waals surface area (Å²) in [5.74, 6) is 0. The first-order valence-electron chi connectivity index (χ1n) is 6.41. The molecule has 1 fully saturated rings. The van der Waals surface area contributed by atoms with Crippen LogP contribution in [0.2, 0.25) is 0 Å². The molecule has 100 valence electrons. The van der Waals surface area contributed by atoms with Crippen LogP contribution in [0.15, 0.2) is 29.0 Å². The summed E-state index contributed by atoms with van der Waals surface area (Å²) in [6.45, 7) is 2.96. The molecule has 0 radical (unpaired) electrons. The first kappa shape index (κ1) is 12.8. The topological polar surface area (TPSA) is 38.2 Å². The fourth-order valence-corrected chi connectivity index (χ4v) is 3.00. The predicted octanol–water partition coefficient (Wildman–Crippen LogP) is 3.01. The minimum Gasteiger partial charge on any atom is -0.376 e. The normalized spacial score (nSPS) is 22.9. The van der Waals surface area contributed by atoms with Crippen LogP contribution >= 0.6 is 15.9 Å². The highest BCUT2D eigenvalue weighted by molar-refractivity contribution is 9.10. The molecular formula is C14H16BrN3O. The van der Waals surface area contributed by atoms with Gasteiger partial charge in [-0.2, -0.15) is 0 Å². The molecule has 1 aliphatic rings. The number of hydrogen-bond acceptors (Lipinski definition) is 4. The van der Waals surface area contributed by atoms with E-state index in [9.17, 15) is 0 Å². The van der Waals surface area contributed by atoms with Gasteiger partial charge in [0.2, 0.25) is 0 Å². The van der Waals surface area contributed by atoms with Crippen molar-refractivity contribution in [2.75, 3.05) is 18.6 Å². The van der Waals surface area contributed by atoms with Crippen molar-refractivity contribution in [1.29, 1.82) is 0 Å². The molecule has 1 saturated heterocycles. The van der Waals surface area contributed by atoms with Gasteiger partial charge in [0.05, 0.1) is 23.3 Å². The maximum atomic E-state index is 5.65. The third-order valence-electron chi connectivity index (χ3n) is 3.74. The zero-order valence-electron chi connectivity index (χ0n) is 11.0. The monoisotopic (exact) mass is 321 g/mol. The standard InChI is InChI=1S/C14H16BrN3O/c1-9-12(4-6-19-9)18(2)13-3-5-16-11-7-10(15)8-17-14(11)13/h3,5,7-9,12H,4,6H2,1-2H3. The maximum absolute atomic E-state index is 5.65. The number of pyridine rings is 2. The number of aromatic nitrogens is 2. The molecule has 0 spiro atoms. The van der Waals surface area contributed by atoms with E-state index in [1.165, 1.54) is 0 Å². The molecule has 0 aromatic carbocycles. The number of likely N-dealkylation sites (N-methyl/N-ethyl adjacent to an activating group) is 1. The third kappa shape index (κ3) is 2.32. The van der Waals surface area contributed by atoms with Gasteiger partial charge >= 0.3 is 0 Å². The van der Waals surface area contributed by atoms with Crippen molar-refractivity contribution in [2.45, 2.75) is 25.5 Å². The van der Waals surface area contributed by atoms with Crippen LogP contribution < -0.4 is 4.90 Å². The van der Waals surface area contributed by atoms with Gasteiger partial charge in [-0.25, -0.2) is 0 Å². The summed E-state index contributed by atoms with van der Waals surface area (Å²) in [6, 6.07) is 4.42. The van der Waals surface area contributed by atoms with Crippen LogP contribution in [-0.2, 0) is 4.74 Å². The molecular weight excluding hydrogens is 306 g/mol. The summed E-state index contributed by atoms with van der Waals surface area (Å²) < 4.78 is 6.60. The molecule has 0 aliphatic carbocycles. The molecule has 2 unspecified atom stereocenters. The lowest BCUT2D eigenvalue weighted by molar-refractivity contribution is 0.118. The first-order chi connectivity index (χ1) is 9.16. The number of rotatable bonds is 2. The summed E-state index contributed by atoms with van der Waals surface area (Å²) in [4.78, 5) is 11.2. The molecule has 1 aliphatic heterocycles. The fourth-order valence-electron chi connectivity index (χ4n) is 2.68. The van der Waals surface area contributed by atoms with Gasteiger partial charge in [-0.1, -0.05) is 0 Å². The van der Waals surface area contributed by atoms with E-state index in [4.69, 9.17) is 4.74 Å². The number of halogens is 1. The average Bonchev–Trinajstić information content (AvgIpc) is 2.83. The highest BCUT2D eigenvalue weighted by Gasteiger charge is 2.29. The van der Waals surface area contributed by atoms with Crippen LogP contribution in [0.4, 0.5) is 5.69 Å². The summed E-state index contributed by atoms with van der Waals surface area (Å²) in [5.41, 5.74) is 2.96. The van der Waals surface area contributed by atoms with Crippen LogP contribution in [-0.4, -0.2) is 35.8 Å². The second kappa shape index (κ2) is 5.06. The lowest BCUT2D eigenvalue weighted by Crippen LogP contribution is -2.36. The highest BCUT2D eigenvalue weighted by Crippen LogP contribution is 2.29. The Bertz CT molecular complexity index is 604. The number of nitrogens with zero attached hydrogens (tertiary/aromatic N) is 3. The van der Waals surface area contributed by atoms with Crippen LogP contribution in [0.5, 0.6) is 0 Å². The Morgan fingerprint density at radius 2 is 2.26 bits per heavy atom. The Hall–Kier alpha value is -1.20. The minimum absolute atomic E-state index is 0.253. The third-order valence-corrected chi connectivity index (χ3v) is 4.17. The fraction of sp³-hybridized carbons (Fsp3) is 0.429. The zero-order chi connectivity index (χ0) is 13.4.